The quantitative estimate of drug-likeness (QED) is 0.681. The van der Waals surface area contributed by atoms with Crippen molar-refractivity contribution in [2.45, 2.75) is 10.9 Å². The van der Waals surface area contributed by atoms with Gasteiger partial charge >= 0.3 is 0 Å². The maximum absolute atomic E-state index is 9.03. The van der Waals surface area contributed by atoms with Crippen LogP contribution in [0.25, 0.3) is 5.78 Å². The topological polar surface area (TPSA) is 66.9 Å². The van der Waals surface area contributed by atoms with E-state index in [-0.39, 0.29) is 0 Å². The zero-order valence-corrected chi connectivity index (χ0v) is 10.7. The molecule has 0 spiro atoms. The third kappa shape index (κ3) is 2.41. The second kappa shape index (κ2) is 5.08. The van der Waals surface area contributed by atoms with Crippen LogP contribution < -0.4 is 0 Å². The van der Waals surface area contributed by atoms with Crippen molar-refractivity contribution in [1.82, 2.24) is 19.6 Å². The van der Waals surface area contributed by atoms with Crippen LogP contribution in [0, 0.1) is 11.3 Å². The van der Waals surface area contributed by atoms with Crippen molar-refractivity contribution < 1.29 is 0 Å². The average molecular weight is 267 g/mol. The van der Waals surface area contributed by atoms with Crippen molar-refractivity contribution in [2.24, 2.45) is 0 Å². The van der Waals surface area contributed by atoms with Crippen LogP contribution in [0.1, 0.15) is 11.1 Å². The van der Waals surface area contributed by atoms with Crippen molar-refractivity contribution in [3.8, 4) is 6.07 Å². The van der Waals surface area contributed by atoms with E-state index < -0.39 is 0 Å². The minimum Gasteiger partial charge on any atom is -0.220 e. The fourth-order valence-corrected chi connectivity index (χ4v) is 2.50. The third-order valence-electron chi connectivity index (χ3n) is 2.59. The highest BCUT2D eigenvalue weighted by atomic mass is 32.2. The molecule has 92 valence electrons. The lowest BCUT2D eigenvalue weighted by molar-refractivity contribution is 0.879. The van der Waals surface area contributed by atoms with E-state index in [1.54, 1.807) is 16.8 Å². The van der Waals surface area contributed by atoms with E-state index in [4.69, 9.17) is 5.26 Å². The van der Waals surface area contributed by atoms with Crippen LogP contribution in [0.2, 0.25) is 0 Å². The number of aromatic nitrogens is 4. The lowest BCUT2D eigenvalue weighted by Crippen LogP contribution is -1.88. The number of nitriles is 1. The summed E-state index contributed by atoms with van der Waals surface area (Å²) in [5.74, 6) is 1.25. The molecule has 0 aliphatic heterocycles. The lowest BCUT2D eigenvalue weighted by Gasteiger charge is -2.00. The van der Waals surface area contributed by atoms with Gasteiger partial charge in [0, 0.05) is 18.1 Å². The standard InChI is InChI=1S/C13H9N5S/c14-8-10-4-1-2-5-11(10)9-19-13-16-12-15-6-3-7-18(12)17-13/h1-7H,9H2. The molecule has 2 aromatic heterocycles. The Morgan fingerprint density at radius 2 is 2.16 bits per heavy atom. The van der Waals surface area contributed by atoms with Crippen molar-refractivity contribution in [1.29, 1.82) is 5.26 Å². The first-order valence-corrected chi connectivity index (χ1v) is 6.63. The molecular formula is C13H9N5S. The zero-order valence-electron chi connectivity index (χ0n) is 9.89. The van der Waals surface area contributed by atoms with Crippen LogP contribution in [-0.4, -0.2) is 19.6 Å². The summed E-state index contributed by atoms with van der Waals surface area (Å²) in [7, 11) is 0. The normalized spacial score (nSPS) is 10.5. The zero-order chi connectivity index (χ0) is 13.1. The first-order valence-electron chi connectivity index (χ1n) is 5.65. The van der Waals surface area contributed by atoms with Crippen molar-refractivity contribution in [3.05, 3.63) is 53.9 Å². The van der Waals surface area contributed by atoms with Gasteiger partial charge < -0.3 is 0 Å². The Morgan fingerprint density at radius 1 is 1.26 bits per heavy atom. The maximum atomic E-state index is 9.03. The largest absolute Gasteiger partial charge is 0.253 e. The summed E-state index contributed by atoms with van der Waals surface area (Å²) in [5, 5.41) is 14.0. The molecule has 3 rings (SSSR count). The molecule has 0 saturated carbocycles. The summed E-state index contributed by atoms with van der Waals surface area (Å²) >= 11 is 1.49. The summed E-state index contributed by atoms with van der Waals surface area (Å²) in [6.07, 6.45) is 3.49. The number of fused-ring (bicyclic) bond motifs is 1. The highest BCUT2D eigenvalue weighted by Crippen LogP contribution is 2.21. The second-order valence-electron chi connectivity index (χ2n) is 3.82. The van der Waals surface area contributed by atoms with Gasteiger partial charge in [-0.2, -0.15) is 10.2 Å². The maximum Gasteiger partial charge on any atom is 0.253 e. The van der Waals surface area contributed by atoms with Gasteiger partial charge in [-0.05, 0) is 17.7 Å². The van der Waals surface area contributed by atoms with Crippen LogP contribution in [-0.2, 0) is 5.75 Å². The molecule has 0 aliphatic rings. The van der Waals surface area contributed by atoms with E-state index in [0.29, 0.717) is 22.3 Å². The van der Waals surface area contributed by atoms with E-state index in [2.05, 4.69) is 21.1 Å². The van der Waals surface area contributed by atoms with Gasteiger partial charge in [0.05, 0.1) is 11.6 Å². The Bertz CT molecular complexity index is 726. The van der Waals surface area contributed by atoms with Gasteiger partial charge in [0.1, 0.15) is 0 Å². The number of thioether (sulfide) groups is 1. The van der Waals surface area contributed by atoms with Gasteiger partial charge in [0.25, 0.3) is 5.78 Å². The highest BCUT2D eigenvalue weighted by Gasteiger charge is 2.07. The molecule has 1 aromatic carbocycles. The van der Waals surface area contributed by atoms with Crippen molar-refractivity contribution in [2.75, 3.05) is 0 Å². The lowest BCUT2D eigenvalue weighted by atomic mass is 10.1. The molecule has 0 unspecified atom stereocenters. The summed E-state index contributed by atoms with van der Waals surface area (Å²) in [6.45, 7) is 0. The SMILES string of the molecule is N#Cc1ccccc1CSc1nc2ncccn2n1. The van der Waals surface area contributed by atoms with Crippen LogP contribution in [0.4, 0.5) is 0 Å². The highest BCUT2D eigenvalue weighted by molar-refractivity contribution is 7.98. The number of benzene rings is 1. The van der Waals surface area contributed by atoms with Crippen LogP contribution in [0.5, 0.6) is 0 Å². The third-order valence-corrected chi connectivity index (χ3v) is 3.48. The molecule has 2 heterocycles. The smallest absolute Gasteiger partial charge is 0.220 e. The van der Waals surface area contributed by atoms with Gasteiger partial charge in [-0.25, -0.2) is 9.50 Å². The summed E-state index contributed by atoms with van der Waals surface area (Å²) < 4.78 is 1.64. The van der Waals surface area contributed by atoms with Gasteiger partial charge in [-0.3, -0.25) is 0 Å². The molecule has 6 heteroatoms. The first kappa shape index (κ1) is 11.7. The summed E-state index contributed by atoms with van der Waals surface area (Å²) in [6, 6.07) is 11.5. The predicted octanol–water partition coefficient (Wildman–Crippen LogP) is 2.29. The van der Waals surface area contributed by atoms with E-state index in [1.165, 1.54) is 11.8 Å². The molecule has 5 nitrogen and oxygen atoms in total. The Kier molecular flexibility index (Phi) is 3.12. The minimum atomic E-state index is 0.582. The molecule has 19 heavy (non-hydrogen) atoms. The molecule has 0 saturated heterocycles. The van der Waals surface area contributed by atoms with Crippen LogP contribution in [0.15, 0.2) is 47.9 Å². The van der Waals surface area contributed by atoms with Crippen LogP contribution >= 0.6 is 11.8 Å². The van der Waals surface area contributed by atoms with E-state index in [9.17, 15) is 0 Å². The molecule has 3 aromatic rings. The molecule has 0 atom stereocenters. The fourth-order valence-electron chi connectivity index (χ4n) is 1.67. The summed E-state index contributed by atoms with van der Waals surface area (Å²) in [5.41, 5.74) is 1.68. The number of rotatable bonds is 3. The molecule has 0 aliphatic carbocycles. The summed E-state index contributed by atoms with van der Waals surface area (Å²) in [4.78, 5) is 8.42. The van der Waals surface area contributed by atoms with E-state index >= 15 is 0 Å². The Labute approximate surface area is 113 Å². The predicted molar refractivity (Wildman–Crippen MR) is 71.5 cm³/mol. The number of hydrogen-bond acceptors (Lipinski definition) is 5. The second-order valence-corrected chi connectivity index (χ2v) is 4.76. The fraction of sp³-hybridized carbons (Fsp3) is 0.0769. The van der Waals surface area contributed by atoms with Gasteiger partial charge in [0.2, 0.25) is 5.16 Å². The Morgan fingerprint density at radius 3 is 3.00 bits per heavy atom. The number of hydrogen-bond donors (Lipinski definition) is 0. The first-order chi connectivity index (χ1) is 9.36. The molecule has 0 radical (unpaired) electrons. The van der Waals surface area contributed by atoms with Gasteiger partial charge in [-0.1, -0.05) is 30.0 Å². The van der Waals surface area contributed by atoms with Crippen LogP contribution in [0.3, 0.4) is 0 Å². The minimum absolute atomic E-state index is 0.582. The van der Waals surface area contributed by atoms with Crippen molar-refractivity contribution >= 4 is 17.5 Å². The molecular weight excluding hydrogens is 258 g/mol. The van der Waals surface area contributed by atoms with E-state index in [1.807, 2.05) is 30.5 Å². The molecule has 0 amide bonds. The van der Waals surface area contributed by atoms with E-state index in [0.717, 1.165) is 5.56 Å². The number of nitrogens with zero attached hydrogens (tertiary/aromatic N) is 5. The van der Waals surface area contributed by atoms with Gasteiger partial charge in [-0.15, -0.1) is 5.10 Å². The van der Waals surface area contributed by atoms with Crippen molar-refractivity contribution in [3.63, 3.8) is 0 Å². The monoisotopic (exact) mass is 267 g/mol. The average Bonchev–Trinajstić information content (AvgIpc) is 2.88. The van der Waals surface area contributed by atoms with Gasteiger partial charge in [0.15, 0.2) is 0 Å². The molecule has 0 bridgehead atoms. The molecule has 0 N–H and O–H groups in total. The Hall–Kier alpha value is -2.39. The Balaban J connectivity index is 1.81. The molecule has 0 fully saturated rings.